The zero-order valence-corrected chi connectivity index (χ0v) is 26.6. The third kappa shape index (κ3) is 7.09. The molecule has 46 heavy (non-hydrogen) atoms. The second-order valence-corrected chi connectivity index (χ2v) is 14.9. The number of nitrogens with zero attached hydrogens (tertiary/aromatic N) is 5. The number of hydrogen-bond donors (Lipinski definition) is 1. The highest BCUT2D eigenvalue weighted by Crippen LogP contribution is 2.42. The van der Waals surface area contributed by atoms with Gasteiger partial charge in [0.15, 0.2) is 9.84 Å². The van der Waals surface area contributed by atoms with Crippen molar-refractivity contribution in [3.05, 3.63) is 53.9 Å². The molecule has 0 unspecified atom stereocenters. The van der Waals surface area contributed by atoms with Crippen LogP contribution in [0.4, 0.5) is 13.2 Å². The zero-order valence-electron chi connectivity index (χ0n) is 25.7. The molecule has 3 fully saturated rings. The Kier molecular flexibility index (Phi) is 9.17. The van der Waals surface area contributed by atoms with Crippen LogP contribution in [0.15, 0.2) is 51.9 Å². The molecular formula is C31H38F3N5O6S. The molecule has 0 radical (unpaired) electrons. The number of alkyl halides is 3. The Morgan fingerprint density at radius 3 is 2.50 bits per heavy atom. The van der Waals surface area contributed by atoms with Crippen LogP contribution >= 0.6 is 0 Å². The number of aliphatic hydroxyl groups excluding tert-OH is 1. The number of benzene rings is 2. The number of rotatable bonds is 10. The first-order valence-corrected chi connectivity index (χ1v) is 16.8. The van der Waals surface area contributed by atoms with Crippen molar-refractivity contribution < 1.29 is 40.7 Å². The summed E-state index contributed by atoms with van der Waals surface area (Å²) in [5, 5.41) is 12.7. The lowest BCUT2D eigenvalue weighted by molar-refractivity contribution is -0.138. The lowest BCUT2D eigenvalue weighted by Gasteiger charge is -2.33. The van der Waals surface area contributed by atoms with Crippen LogP contribution in [0.25, 0.3) is 11.4 Å². The molecular weight excluding hydrogens is 627 g/mol. The van der Waals surface area contributed by atoms with E-state index in [1.54, 1.807) is 0 Å². The first kappa shape index (κ1) is 32.8. The molecule has 15 heteroatoms. The number of aromatic nitrogens is 2. The largest absolute Gasteiger partial charge is 0.455 e. The number of hydrogen-bond acceptors (Lipinski definition) is 11. The van der Waals surface area contributed by atoms with E-state index in [4.69, 9.17) is 14.0 Å². The topological polar surface area (TPSA) is 121 Å². The number of ether oxygens (including phenoxy) is 2. The van der Waals surface area contributed by atoms with Gasteiger partial charge in [0, 0.05) is 43.8 Å². The predicted octanol–water partition coefficient (Wildman–Crippen LogP) is 4.03. The minimum atomic E-state index is -4.82. The van der Waals surface area contributed by atoms with Crippen LogP contribution in [-0.2, 0) is 27.3 Å². The van der Waals surface area contributed by atoms with Gasteiger partial charge in [0.05, 0.1) is 43.3 Å². The highest BCUT2D eigenvalue weighted by Gasteiger charge is 2.41. The first-order valence-electron chi connectivity index (χ1n) is 15.3. The van der Waals surface area contributed by atoms with Gasteiger partial charge in [-0.3, -0.25) is 14.7 Å². The van der Waals surface area contributed by atoms with Crippen LogP contribution in [-0.4, -0.2) is 108 Å². The number of morpholine rings is 1. The van der Waals surface area contributed by atoms with Gasteiger partial charge in [-0.2, -0.15) is 18.2 Å². The molecule has 6 rings (SSSR count). The van der Waals surface area contributed by atoms with Gasteiger partial charge >= 0.3 is 6.18 Å². The molecule has 0 bridgehead atoms. The Bertz CT molecular complexity index is 1640. The van der Waals surface area contributed by atoms with Gasteiger partial charge in [-0.05, 0) is 57.0 Å². The smallest absolute Gasteiger partial charge is 0.420 e. The van der Waals surface area contributed by atoms with Crippen molar-refractivity contribution in [1.82, 2.24) is 24.8 Å². The summed E-state index contributed by atoms with van der Waals surface area (Å²) in [6.45, 7) is 11.3. The molecule has 3 aliphatic rings. The summed E-state index contributed by atoms with van der Waals surface area (Å²) in [6, 6.07) is 8.94. The van der Waals surface area contributed by atoms with Crippen molar-refractivity contribution in [3.8, 4) is 22.9 Å². The summed E-state index contributed by atoms with van der Waals surface area (Å²) in [7, 11) is -3.92. The Morgan fingerprint density at radius 1 is 1.04 bits per heavy atom. The molecule has 0 spiro atoms. The summed E-state index contributed by atoms with van der Waals surface area (Å²) in [5.41, 5.74) is -1.11. The van der Waals surface area contributed by atoms with Crippen LogP contribution in [0.3, 0.4) is 0 Å². The number of halogens is 3. The third-order valence-corrected chi connectivity index (χ3v) is 11.1. The lowest BCUT2D eigenvalue weighted by Crippen LogP contribution is -2.46. The minimum absolute atomic E-state index is 0.00111. The van der Waals surface area contributed by atoms with Crippen LogP contribution < -0.4 is 4.74 Å². The fourth-order valence-electron chi connectivity index (χ4n) is 6.16. The average molecular weight is 666 g/mol. The van der Waals surface area contributed by atoms with Crippen molar-refractivity contribution in [2.45, 2.75) is 61.2 Å². The maximum absolute atomic E-state index is 14.3. The standard InChI is InChI=1S/C31H38F3N5O6S/c1-30(2)19-38(20-39(30)10-9-37-11-13-43-14-12-37)18-28-35-29(36-45-28)21-7-8-25(24(15-21)31(32,33)34)44-26-5-3-4-6-27(26)46(41,42)23-16-22(40)17-23/h3-8,15,22-23,40H,9-14,16-20H2,1-2H3. The molecule has 0 atom stereocenters. The van der Waals surface area contributed by atoms with Gasteiger partial charge in [-0.1, -0.05) is 17.3 Å². The van der Waals surface area contributed by atoms with E-state index < -0.39 is 38.7 Å². The Labute approximate surface area is 265 Å². The normalized spacial score (nSPS) is 23.0. The number of sulfone groups is 1. The molecule has 2 aliphatic heterocycles. The highest BCUT2D eigenvalue weighted by molar-refractivity contribution is 7.92. The Balaban J connectivity index is 1.16. The van der Waals surface area contributed by atoms with E-state index >= 15 is 0 Å². The summed E-state index contributed by atoms with van der Waals surface area (Å²) < 4.78 is 85.6. The van der Waals surface area contributed by atoms with E-state index in [2.05, 4.69) is 38.7 Å². The second-order valence-electron chi connectivity index (χ2n) is 12.7. The third-order valence-electron chi connectivity index (χ3n) is 8.88. The van der Waals surface area contributed by atoms with E-state index in [0.717, 1.165) is 58.1 Å². The van der Waals surface area contributed by atoms with Gasteiger partial charge in [0.1, 0.15) is 16.4 Å². The molecule has 3 aromatic rings. The molecule has 1 aromatic heterocycles. The molecule has 1 saturated carbocycles. The second kappa shape index (κ2) is 12.8. The van der Waals surface area contributed by atoms with Crippen molar-refractivity contribution in [2.24, 2.45) is 0 Å². The van der Waals surface area contributed by atoms with Gasteiger partial charge in [0.2, 0.25) is 11.7 Å². The number of aliphatic hydroxyl groups is 1. The monoisotopic (exact) mass is 665 g/mol. The molecule has 3 heterocycles. The fourth-order valence-corrected chi connectivity index (χ4v) is 8.13. The first-order chi connectivity index (χ1) is 21.8. The van der Waals surface area contributed by atoms with E-state index in [1.165, 1.54) is 30.3 Å². The maximum Gasteiger partial charge on any atom is 0.420 e. The molecule has 11 nitrogen and oxygen atoms in total. The van der Waals surface area contributed by atoms with Crippen LogP contribution in [0, 0.1) is 0 Å². The molecule has 1 aliphatic carbocycles. The van der Waals surface area contributed by atoms with Gasteiger partial charge in [0.25, 0.3) is 0 Å². The van der Waals surface area contributed by atoms with Gasteiger partial charge in [-0.25, -0.2) is 8.42 Å². The zero-order chi connectivity index (χ0) is 32.7. The Morgan fingerprint density at radius 2 is 1.78 bits per heavy atom. The molecule has 1 N–H and O–H groups in total. The maximum atomic E-state index is 14.3. The molecule has 2 saturated heterocycles. The van der Waals surface area contributed by atoms with Crippen LogP contribution in [0.1, 0.15) is 38.1 Å². The van der Waals surface area contributed by atoms with Crippen molar-refractivity contribution in [3.63, 3.8) is 0 Å². The van der Waals surface area contributed by atoms with Crippen molar-refractivity contribution >= 4 is 9.84 Å². The van der Waals surface area contributed by atoms with Gasteiger partial charge < -0.3 is 19.1 Å². The highest BCUT2D eigenvalue weighted by atomic mass is 32.2. The summed E-state index contributed by atoms with van der Waals surface area (Å²) in [5.74, 6) is -0.500. The molecule has 2 aromatic carbocycles. The van der Waals surface area contributed by atoms with Gasteiger partial charge in [-0.15, -0.1) is 0 Å². The molecule has 250 valence electrons. The van der Waals surface area contributed by atoms with E-state index in [1.807, 2.05) is 0 Å². The van der Waals surface area contributed by atoms with Crippen LogP contribution in [0.5, 0.6) is 11.5 Å². The molecule has 0 amide bonds. The average Bonchev–Trinajstić information content (AvgIpc) is 3.57. The minimum Gasteiger partial charge on any atom is -0.455 e. The predicted molar refractivity (Wildman–Crippen MR) is 161 cm³/mol. The summed E-state index contributed by atoms with van der Waals surface area (Å²) in [6.07, 6.45) is -5.41. The van der Waals surface area contributed by atoms with Crippen molar-refractivity contribution in [1.29, 1.82) is 0 Å². The fraction of sp³-hybridized carbons (Fsp3) is 0.548. The van der Waals surface area contributed by atoms with Crippen LogP contribution in [0.2, 0.25) is 0 Å². The number of para-hydroxylation sites is 1. The van der Waals surface area contributed by atoms with E-state index in [9.17, 15) is 26.7 Å². The van der Waals surface area contributed by atoms with E-state index in [0.29, 0.717) is 13.2 Å². The SMILES string of the molecule is CC1(C)CN(Cc2nc(-c3ccc(Oc4ccccc4S(=O)(=O)C4CC(O)C4)c(C(F)(F)F)c3)no2)CN1CCN1CCOCC1. The summed E-state index contributed by atoms with van der Waals surface area (Å²) >= 11 is 0. The Hall–Kier alpha value is -3.08. The van der Waals surface area contributed by atoms with Crippen molar-refractivity contribution in [2.75, 3.05) is 52.6 Å². The van der Waals surface area contributed by atoms with E-state index in [-0.39, 0.29) is 46.3 Å². The lowest BCUT2D eigenvalue weighted by atomic mass is 9.96. The summed E-state index contributed by atoms with van der Waals surface area (Å²) in [4.78, 5) is 11.1. The quantitative estimate of drug-likeness (QED) is 0.338.